The molecule has 3 aromatic rings. The van der Waals surface area contributed by atoms with Crippen LogP contribution in [0.25, 0.3) is 0 Å². The van der Waals surface area contributed by atoms with Gasteiger partial charge in [0.05, 0.1) is 10.6 Å². The lowest BCUT2D eigenvalue weighted by atomic mass is 10.1. The number of hydrogen-bond acceptors (Lipinski definition) is 3. The van der Waals surface area contributed by atoms with Crippen molar-refractivity contribution < 1.29 is 13.2 Å². The quantitative estimate of drug-likeness (QED) is 0.499. The molecule has 0 unspecified atom stereocenters. The molecule has 30 heavy (non-hydrogen) atoms. The van der Waals surface area contributed by atoms with Crippen LogP contribution in [0, 0.1) is 6.92 Å². The number of aryl methyl sites for hydroxylation is 1. The first-order valence-electron chi connectivity index (χ1n) is 9.34. The maximum Gasteiger partial charge on any atom is 0.264 e. The summed E-state index contributed by atoms with van der Waals surface area (Å²) in [6.45, 7) is 2.37. The minimum atomic E-state index is -3.79. The first-order chi connectivity index (χ1) is 14.2. The number of anilines is 1. The van der Waals surface area contributed by atoms with Gasteiger partial charge in [0.25, 0.3) is 15.9 Å². The Kier molecular flexibility index (Phi) is 6.63. The van der Waals surface area contributed by atoms with E-state index in [1.807, 2.05) is 43.3 Å². The molecule has 3 rings (SSSR count). The zero-order valence-corrected chi connectivity index (χ0v) is 19.4. The highest BCUT2D eigenvalue weighted by molar-refractivity contribution is 9.10. The molecule has 0 aliphatic rings. The van der Waals surface area contributed by atoms with E-state index >= 15 is 0 Å². The van der Waals surface area contributed by atoms with Crippen LogP contribution < -0.4 is 4.31 Å². The molecule has 0 bridgehead atoms. The predicted octanol–water partition coefficient (Wildman–Crippen LogP) is 4.85. The number of sulfonamides is 1. The Morgan fingerprint density at radius 1 is 0.933 bits per heavy atom. The number of benzene rings is 3. The van der Waals surface area contributed by atoms with E-state index in [-0.39, 0.29) is 10.8 Å². The topological polar surface area (TPSA) is 57.7 Å². The summed E-state index contributed by atoms with van der Waals surface area (Å²) < 4.78 is 28.4. The molecule has 0 fully saturated rings. The second kappa shape index (κ2) is 9.02. The molecular formula is C23H23BrN2O3S. The lowest BCUT2D eigenvalue weighted by Crippen LogP contribution is -2.28. The van der Waals surface area contributed by atoms with Gasteiger partial charge in [-0.1, -0.05) is 51.8 Å². The summed E-state index contributed by atoms with van der Waals surface area (Å²) in [6, 6.07) is 21.1. The van der Waals surface area contributed by atoms with Gasteiger partial charge in [-0.3, -0.25) is 9.10 Å². The molecule has 7 heteroatoms. The lowest BCUT2D eigenvalue weighted by Gasteiger charge is -2.21. The van der Waals surface area contributed by atoms with Crippen molar-refractivity contribution in [2.75, 3.05) is 18.4 Å². The summed E-state index contributed by atoms with van der Waals surface area (Å²) in [5.41, 5.74) is 2.92. The maximum absolute atomic E-state index is 13.1. The molecule has 0 aliphatic carbocycles. The molecule has 3 aromatic carbocycles. The molecule has 0 heterocycles. The van der Waals surface area contributed by atoms with Crippen LogP contribution in [0.5, 0.6) is 0 Å². The highest BCUT2D eigenvalue weighted by atomic mass is 79.9. The number of carbonyl (C=O) groups excluding carboxylic acids is 1. The average molecular weight is 487 g/mol. The molecule has 5 nitrogen and oxygen atoms in total. The third-order valence-electron chi connectivity index (χ3n) is 4.82. The summed E-state index contributed by atoms with van der Waals surface area (Å²) in [5, 5.41) is 0. The Morgan fingerprint density at radius 3 is 2.20 bits per heavy atom. The fraction of sp³-hybridized carbons (Fsp3) is 0.174. The van der Waals surface area contributed by atoms with Crippen molar-refractivity contribution in [3.63, 3.8) is 0 Å². The summed E-state index contributed by atoms with van der Waals surface area (Å²) in [5.74, 6) is -0.243. The number of nitrogens with zero attached hydrogens (tertiary/aromatic N) is 2. The summed E-state index contributed by atoms with van der Waals surface area (Å²) in [6.07, 6.45) is 0. The lowest BCUT2D eigenvalue weighted by molar-refractivity contribution is 0.0785. The maximum atomic E-state index is 13.1. The van der Waals surface area contributed by atoms with Gasteiger partial charge in [0.15, 0.2) is 0 Å². The number of rotatable bonds is 6. The van der Waals surface area contributed by atoms with Crippen LogP contribution in [-0.2, 0) is 16.6 Å². The van der Waals surface area contributed by atoms with Crippen molar-refractivity contribution in [3.05, 3.63) is 94.0 Å². The second-order valence-corrected chi connectivity index (χ2v) is 10.0. The summed E-state index contributed by atoms with van der Waals surface area (Å²) in [7, 11) is -0.586. The Hall–Kier alpha value is -2.64. The zero-order chi connectivity index (χ0) is 21.9. The zero-order valence-electron chi connectivity index (χ0n) is 17.0. The second-order valence-electron chi connectivity index (χ2n) is 7.12. The monoisotopic (exact) mass is 486 g/mol. The van der Waals surface area contributed by atoms with Crippen LogP contribution in [-0.4, -0.2) is 33.3 Å². The third kappa shape index (κ3) is 4.91. The molecule has 0 spiro atoms. The minimum Gasteiger partial charge on any atom is -0.337 e. The number of hydrogen-bond donors (Lipinski definition) is 0. The molecule has 0 radical (unpaired) electrons. The SMILES string of the molecule is Cc1ccc(N(C)S(=O)(=O)c2cccc(C(=O)N(C)Cc3ccc(Br)cc3)c2)cc1. The average Bonchev–Trinajstić information content (AvgIpc) is 2.75. The van der Waals surface area contributed by atoms with Gasteiger partial charge in [-0.15, -0.1) is 0 Å². The minimum absolute atomic E-state index is 0.0773. The van der Waals surface area contributed by atoms with Gasteiger partial charge in [0, 0.05) is 30.7 Å². The summed E-state index contributed by atoms with van der Waals surface area (Å²) in [4.78, 5) is 14.5. The van der Waals surface area contributed by atoms with E-state index in [0.29, 0.717) is 17.8 Å². The molecule has 156 valence electrons. The van der Waals surface area contributed by atoms with Crippen LogP contribution >= 0.6 is 15.9 Å². The Labute approximate surface area is 186 Å². The smallest absolute Gasteiger partial charge is 0.264 e. The Morgan fingerprint density at radius 2 is 1.57 bits per heavy atom. The highest BCUT2D eigenvalue weighted by Gasteiger charge is 2.23. The van der Waals surface area contributed by atoms with Crippen molar-refractivity contribution in [3.8, 4) is 0 Å². The van der Waals surface area contributed by atoms with Crippen LogP contribution in [0.15, 0.2) is 82.2 Å². The highest BCUT2D eigenvalue weighted by Crippen LogP contribution is 2.23. The van der Waals surface area contributed by atoms with E-state index in [0.717, 1.165) is 15.6 Å². The van der Waals surface area contributed by atoms with Gasteiger partial charge in [-0.25, -0.2) is 8.42 Å². The normalized spacial score (nSPS) is 11.2. The van der Waals surface area contributed by atoms with Crippen molar-refractivity contribution in [1.82, 2.24) is 4.90 Å². The van der Waals surface area contributed by atoms with Crippen molar-refractivity contribution in [2.45, 2.75) is 18.4 Å². The molecule has 0 aromatic heterocycles. The van der Waals surface area contributed by atoms with Gasteiger partial charge in [-0.2, -0.15) is 0 Å². The third-order valence-corrected chi connectivity index (χ3v) is 7.13. The van der Waals surface area contributed by atoms with Gasteiger partial charge in [0.1, 0.15) is 0 Å². The Bertz CT molecular complexity index is 1140. The van der Waals surface area contributed by atoms with Crippen LogP contribution in [0.2, 0.25) is 0 Å². The van der Waals surface area contributed by atoms with E-state index in [1.165, 1.54) is 23.5 Å². The molecule has 1 amide bonds. The van der Waals surface area contributed by atoms with Crippen LogP contribution in [0.4, 0.5) is 5.69 Å². The largest absolute Gasteiger partial charge is 0.337 e. The fourth-order valence-electron chi connectivity index (χ4n) is 3.00. The van der Waals surface area contributed by atoms with Crippen molar-refractivity contribution in [2.24, 2.45) is 0 Å². The fourth-order valence-corrected chi connectivity index (χ4v) is 4.50. The first kappa shape index (κ1) is 22.1. The standard InChI is InChI=1S/C23H23BrN2O3S/c1-17-7-13-21(14-8-17)26(3)30(28,29)22-6-4-5-19(15-22)23(27)25(2)16-18-9-11-20(24)12-10-18/h4-15H,16H2,1-3H3. The van der Waals surface area contributed by atoms with Crippen LogP contribution in [0.1, 0.15) is 21.5 Å². The first-order valence-corrected chi connectivity index (χ1v) is 11.6. The van der Waals surface area contributed by atoms with E-state index in [1.54, 1.807) is 36.2 Å². The van der Waals surface area contributed by atoms with E-state index in [9.17, 15) is 13.2 Å². The number of carbonyl (C=O) groups is 1. The summed E-state index contributed by atoms with van der Waals surface area (Å²) >= 11 is 3.39. The van der Waals surface area contributed by atoms with Crippen molar-refractivity contribution in [1.29, 1.82) is 0 Å². The number of halogens is 1. The predicted molar refractivity (Wildman–Crippen MR) is 123 cm³/mol. The van der Waals surface area contributed by atoms with Gasteiger partial charge < -0.3 is 4.90 Å². The molecule has 0 atom stereocenters. The van der Waals surface area contributed by atoms with Crippen molar-refractivity contribution >= 4 is 37.5 Å². The van der Waals surface area contributed by atoms with Gasteiger partial charge in [0.2, 0.25) is 0 Å². The molecule has 0 saturated heterocycles. The molecular weight excluding hydrogens is 464 g/mol. The van der Waals surface area contributed by atoms with Gasteiger partial charge in [-0.05, 0) is 55.0 Å². The molecule has 0 aliphatic heterocycles. The molecule has 0 saturated carbocycles. The van der Waals surface area contributed by atoms with E-state index in [4.69, 9.17) is 0 Å². The molecule has 0 N–H and O–H groups in total. The van der Waals surface area contributed by atoms with Gasteiger partial charge >= 0.3 is 0 Å². The van der Waals surface area contributed by atoms with E-state index < -0.39 is 10.0 Å². The Balaban J connectivity index is 1.82. The van der Waals surface area contributed by atoms with E-state index in [2.05, 4.69) is 15.9 Å². The number of amides is 1. The van der Waals surface area contributed by atoms with Crippen LogP contribution in [0.3, 0.4) is 0 Å².